The van der Waals surface area contributed by atoms with Crippen molar-refractivity contribution in [1.29, 1.82) is 5.26 Å². The van der Waals surface area contributed by atoms with Crippen LogP contribution in [0.2, 0.25) is 0 Å². The van der Waals surface area contributed by atoms with E-state index in [0.29, 0.717) is 13.2 Å². The van der Waals surface area contributed by atoms with E-state index in [9.17, 15) is 4.79 Å². The summed E-state index contributed by atoms with van der Waals surface area (Å²) in [5.41, 5.74) is -0.0767. The first-order chi connectivity index (χ1) is 7.76. The summed E-state index contributed by atoms with van der Waals surface area (Å²) in [6.45, 7) is 4.91. The van der Waals surface area contributed by atoms with Crippen molar-refractivity contribution in [3.63, 3.8) is 0 Å². The third kappa shape index (κ3) is 6.88. The molecule has 0 spiro atoms. The maximum absolute atomic E-state index is 11.3. The van der Waals surface area contributed by atoms with E-state index in [1.54, 1.807) is 6.07 Å². The lowest BCUT2D eigenvalue weighted by molar-refractivity contribution is -0.138. The molecular weight excluding hydrogens is 206 g/mol. The van der Waals surface area contributed by atoms with E-state index in [1.807, 2.05) is 13.8 Å². The highest BCUT2D eigenvalue weighted by Gasteiger charge is 2.10. The molecule has 0 fully saturated rings. The van der Waals surface area contributed by atoms with Gasteiger partial charge in [-0.2, -0.15) is 5.26 Å². The number of unbranched alkanes of at least 4 members (excludes halogenated alkanes) is 2. The van der Waals surface area contributed by atoms with Gasteiger partial charge in [0.2, 0.25) is 0 Å². The second kappa shape index (κ2) is 10.0. The highest BCUT2D eigenvalue weighted by Crippen LogP contribution is 2.00. The summed E-state index contributed by atoms with van der Waals surface area (Å²) in [5, 5.41) is 8.71. The van der Waals surface area contributed by atoms with Crippen LogP contribution in [0, 0.1) is 11.3 Å². The largest absolute Gasteiger partial charge is 0.500 e. The first-order valence-electron chi connectivity index (χ1n) is 5.65. The molecule has 0 amide bonds. The number of esters is 1. The topological polar surface area (TPSA) is 59.3 Å². The maximum Gasteiger partial charge on any atom is 0.352 e. The van der Waals surface area contributed by atoms with Crippen molar-refractivity contribution in [2.45, 2.75) is 39.5 Å². The standard InChI is InChI=1S/C12H19NO3/c1-3-5-7-15-10-11(9-13)12(14)16-8-6-4-2/h10H,3-8H2,1-2H3. The number of carbonyl (C=O) groups excluding carboxylic acids is 1. The maximum atomic E-state index is 11.3. The number of nitriles is 1. The SMILES string of the molecule is CCCCOC=C(C#N)C(=O)OCCCC. The molecule has 0 rings (SSSR count). The Kier molecular flexibility index (Phi) is 9.09. The minimum absolute atomic E-state index is 0.0767. The van der Waals surface area contributed by atoms with Crippen LogP contribution in [0.3, 0.4) is 0 Å². The molecule has 4 heteroatoms. The van der Waals surface area contributed by atoms with Crippen LogP contribution < -0.4 is 0 Å². The average Bonchev–Trinajstić information content (AvgIpc) is 2.29. The highest BCUT2D eigenvalue weighted by molar-refractivity contribution is 5.92. The van der Waals surface area contributed by atoms with Crippen LogP contribution in [-0.4, -0.2) is 19.2 Å². The van der Waals surface area contributed by atoms with Gasteiger partial charge >= 0.3 is 5.97 Å². The molecule has 0 radical (unpaired) electrons. The summed E-state index contributed by atoms with van der Waals surface area (Å²) in [7, 11) is 0. The Labute approximate surface area is 96.8 Å². The Bertz CT molecular complexity index is 266. The van der Waals surface area contributed by atoms with Crippen molar-refractivity contribution >= 4 is 5.97 Å². The molecule has 0 atom stereocenters. The molecule has 0 aromatic carbocycles. The van der Waals surface area contributed by atoms with Crippen molar-refractivity contribution in [1.82, 2.24) is 0 Å². The van der Waals surface area contributed by atoms with Gasteiger partial charge < -0.3 is 9.47 Å². The fraction of sp³-hybridized carbons (Fsp3) is 0.667. The van der Waals surface area contributed by atoms with Crippen molar-refractivity contribution in [2.75, 3.05) is 13.2 Å². The van der Waals surface area contributed by atoms with Crippen LogP contribution in [0.5, 0.6) is 0 Å². The van der Waals surface area contributed by atoms with E-state index in [-0.39, 0.29) is 5.57 Å². The van der Waals surface area contributed by atoms with Crippen molar-refractivity contribution in [3.05, 3.63) is 11.8 Å². The van der Waals surface area contributed by atoms with E-state index in [4.69, 9.17) is 14.7 Å². The highest BCUT2D eigenvalue weighted by atomic mass is 16.5. The molecular formula is C12H19NO3. The summed E-state index contributed by atoms with van der Waals surface area (Å²) in [5.74, 6) is -0.604. The van der Waals surface area contributed by atoms with Crippen molar-refractivity contribution < 1.29 is 14.3 Å². The second-order valence-electron chi connectivity index (χ2n) is 3.36. The Morgan fingerprint density at radius 3 is 2.44 bits per heavy atom. The van der Waals surface area contributed by atoms with E-state index < -0.39 is 5.97 Å². The summed E-state index contributed by atoms with van der Waals surface area (Å²) < 4.78 is 9.95. The predicted octanol–water partition coefficient (Wildman–Crippen LogP) is 2.55. The third-order valence-corrected chi connectivity index (χ3v) is 1.89. The lowest BCUT2D eigenvalue weighted by Gasteiger charge is -2.03. The van der Waals surface area contributed by atoms with Crippen LogP contribution in [0.4, 0.5) is 0 Å². The minimum atomic E-state index is -0.604. The summed E-state index contributed by atoms with van der Waals surface area (Å²) in [6.07, 6.45) is 4.85. The molecule has 0 unspecified atom stereocenters. The molecule has 0 heterocycles. The quantitative estimate of drug-likeness (QED) is 0.209. The predicted molar refractivity (Wildman–Crippen MR) is 60.4 cm³/mol. The molecule has 0 N–H and O–H groups in total. The van der Waals surface area contributed by atoms with Gasteiger partial charge in [-0.3, -0.25) is 0 Å². The molecule has 16 heavy (non-hydrogen) atoms. The molecule has 0 saturated heterocycles. The molecule has 0 aromatic heterocycles. The lowest BCUT2D eigenvalue weighted by Crippen LogP contribution is -2.08. The van der Waals surface area contributed by atoms with E-state index in [0.717, 1.165) is 25.7 Å². The van der Waals surface area contributed by atoms with Crippen LogP contribution in [0.15, 0.2) is 11.8 Å². The Hall–Kier alpha value is -1.50. The molecule has 0 bridgehead atoms. The Morgan fingerprint density at radius 2 is 1.88 bits per heavy atom. The van der Waals surface area contributed by atoms with Crippen LogP contribution >= 0.6 is 0 Å². The molecule has 0 aliphatic heterocycles. The zero-order valence-electron chi connectivity index (χ0n) is 9.99. The summed E-state index contributed by atoms with van der Waals surface area (Å²) in [6, 6.07) is 1.77. The number of carbonyl (C=O) groups is 1. The van der Waals surface area contributed by atoms with Gasteiger partial charge in [-0.05, 0) is 12.8 Å². The number of hydrogen-bond donors (Lipinski definition) is 0. The van der Waals surface area contributed by atoms with Crippen LogP contribution in [0.1, 0.15) is 39.5 Å². The van der Waals surface area contributed by atoms with Gasteiger partial charge in [0.1, 0.15) is 12.3 Å². The summed E-state index contributed by atoms with van der Waals surface area (Å²) >= 11 is 0. The van der Waals surface area contributed by atoms with Crippen LogP contribution in [0.25, 0.3) is 0 Å². The van der Waals surface area contributed by atoms with E-state index in [2.05, 4.69) is 0 Å². The lowest BCUT2D eigenvalue weighted by atomic mass is 10.3. The van der Waals surface area contributed by atoms with E-state index >= 15 is 0 Å². The second-order valence-corrected chi connectivity index (χ2v) is 3.36. The van der Waals surface area contributed by atoms with Gasteiger partial charge in [0, 0.05) is 0 Å². The molecule has 0 saturated carbocycles. The van der Waals surface area contributed by atoms with Gasteiger partial charge in [0.15, 0.2) is 5.57 Å². The average molecular weight is 225 g/mol. The minimum Gasteiger partial charge on any atom is -0.500 e. The smallest absolute Gasteiger partial charge is 0.352 e. The molecule has 0 aliphatic rings. The van der Waals surface area contributed by atoms with Crippen LogP contribution in [-0.2, 0) is 14.3 Å². The first kappa shape index (κ1) is 14.5. The van der Waals surface area contributed by atoms with Crippen molar-refractivity contribution in [3.8, 4) is 6.07 Å². The van der Waals surface area contributed by atoms with E-state index in [1.165, 1.54) is 6.26 Å². The molecule has 0 aromatic rings. The zero-order chi connectivity index (χ0) is 12.2. The molecule has 4 nitrogen and oxygen atoms in total. The van der Waals surface area contributed by atoms with Gasteiger partial charge in [0.25, 0.3) is 0 Å². The number of rotatable bonds is 8. The number of ether oxygens (including phenoxy) is 2. The Morgan fingerprint density at radius 1 is 1.25 bits per heavy atom. The monoisotopic (exact) mass is 225 g/mol. The fourth-order valence-electron chi connectivity index (χ4n) is 0.877. The van der Waals surface area contributed by atoms with Gasteiger partial charge in [-0.15, -0.1) is 0 Å². The Balaban J connectivity index is 3.96. The molecule has 0 aliphatic carbocycles. The normalized spacial score (nSPS) is 10.7. The summed E-state index contributed by atoms with van der Waals surface area (Å²) in [4.78, 5) is 11.3. The first-order valence-corrected chi connectivity index (χ1v) is 5.65. The molecule has 90 valence electrons. The number of nitrogens with zero attached hydrogens (tertiary/aromatic N) is 1. The number of hydrogen-bond acceptors (Lipinski definition) is 4. The fourth-order valence-corrected chi connectivity index (χ4v) is 0.877. The van der Waals surface area contributed by atoms with Gasteiger partial charge in [-0.1, -0.05) is 26.7 Å². The van der Waals surface area contributed by atoms with Gasteiger partial charge in [0.05, 0.1) is 13.2 Å². The third-order valence-electron chi connectivity index (χ3n) is 1.89. The van der Waals surface area contributed by atoms with Gasteiger partial charge in [-0.25, -0.2) is 4.79 Å². The van der Waals surface area contributed by atoms with Crippen molar-refractivity contribution in [2.24, 2.45) is 0 Å². The zero-order valence-corrected chi connectivity index (χ0v) is 9.99.